The van der Waals surface area contributed by atoms with Gasteiger partial charge in [0.1, 0.15) is 18.2 Å². The van der Waals surface area contributed by atoms with Crippen LogP contribution in [0.3, 0.4) is 0 Å². The van der Waals surface area contributed by atoms with Crippen LogP contribution in [0, 0.1) is 21.8 Å². The number of halogens is 1. The van der Waals surface area contributed by atoms with Crippen molar-refractivity contribution in [3.63, 3.8) is 0 Å². The van der Waals surface area contributed by atoms with Gasteiger partial charge in [0.25, 0.3) is 5.91 Å². The maximum atomic E-state index is 12.7. The fraction of sp³-hybridized carbons (Fsp3) is 0.179. The Morgan fingerprint density at radius 3 is 2.47 bits per heavy atom. The molecule has 0 aromatic heterocycles. The van der Waals surface area contributed by atoms with Crippen LogP contribution in [-0.2, 0) is 16.1 Å². The molecular weight excluding hydrogens is 571 g/mol. The van der Waals surface area contributed by atoms with Crippen LogP contribution in [-0.4, -0.2) is 25.6 Å². The van der Waals surface area contributed by atoms with Gasteiger partial charge >= 0.3 is 5.97 Å². The van der Waals surface area contributed by atoms with Crippen LogP contribution < -0.4 is 14.8 Å². The Bertz CT molecular complexity index is 1330. The van der Waals surface area contributed by atoms with E-state index in [4.69, 9.17) is 9.47 Å². The number of esters is 1. The van der Waals surface area contributed by atoms with Crippen LogP contribution >= 0.6 is 22.6 Å². The molecule has 0 aliphatic carbocycles. The lowest BCUT2D eigenvalue weighted by atomic mass is 10.1. The van der Waals surface area contributed by atoms with E-state index in [9.17, 15) is 14.9 Å². The summed E-state index contributed by atoms with van der Waals surface area (Å²) >= 11 is 2.15. The summed E-state index contributed by atoms with van der Waals surface area (Å²) in [5, 5.41) is 12.3. The molecule has 0 heterocycles. The third-order valence-corrected chi connectivity index (χ3v) is 5.84. The Hall–Kier alpha value is -3.84. The number of amides is 1. The first kappa shape index (κ1) is 26.8. The molecular formula is C28H25IN2O5. The van der Waals surface area contributed by atoms with E-state index in [1.165, 1.54) is 25.3 Å². The minimum absolute atomic E-state index is 0.0845. The zero-order chi connectivity index (χ0) is 26.1. The summed E-state index contributed by atoms with van der Waals surface area (Å²) in [6, 6.07) is 19.8. The molecule has 0 radical (unpaired) electrons. The number of hydrogen-bond donors (Lipinski definition) is 1. The fourth-order valence-electron chi connectivity index (χ4n) is 3.35. The summed E-state index contributed by atoms with van der Waals surface area (Å²) < 4.78 is 17.3. The SMILES string of the molecule is CCOc1cc(/C=C(\C#N)C(=O)Nc2ccc(C(=O)OC)cc2)cc(I)c1OCc1cccc(C)c1. The van der Waals surface area contributed by atoms with E-state index < -0.39 is 11.9 Å². The highest BCUT2D eigenvalue weighted by Gasteiger charge is 2.15. The molecule has 0 aliphatic rings. The molecule has 0 fully saturated rings. The van der Waals surface area contributed by atoms with Gasteiger partial charge in [0.2, 0.25) is 0 Å². The molecule has 0 saturated heterocycles. The zero-order valence-electron chi connectivity index (χ0n) is 20.1. The molecule has 3 aromatic carbocycles. The molecule has 1 amide bonds. The van der Waals surface area contributed by atoms with Gasteiger partial charge in [-0.3, -0.25) is 4.79 Å². The van der Waals surface area contributed by atoms with E-state index in [1.807, 2.05) is 44.2 Å². The number of anilines is 1. The Kier molecular flexibility index (Phi) is 9.47. The highest BCUT2D eigenvalue weighted by atomic mass is 127. The van der Waals surface area contributed by atoms with Gasteiger partial charge < -0.3 is 19.5 Å². The summed E-state index contributed by atoms with van der Waals surface area (Å²) in [6.45, 7) is 4.71. The van der Waals surface area contributed by atoms with E-state index in [0.29, 0.717) is 41.5 Å². The predicted octanol–water partition coefficient (Wildman–Crippen LogP) is 5.91. The van der Waals surface area contributed by atoms with Crippen LogP contribution in [0.25, 0.3) is 6.08 Å². The average Bonchev–Trinajstić information content (AvgIpc) is 2.87. The second-order valence-electron chi connectivity index (χ2n) is 7.73. The highest BCUT2D eigenvalue weighted by molar-refractivity contribution is 14.1. The van der Waals surface area contributed by atoms with Crippen molar-refractivity contribution in [3.05, 3.63) is 92.1 Å². The lowest BCUT2D eigenvalue weighted by molar-refractivity contribution is -0.112. The van der Waals surface area contributed by atoms with Crippen molar-refractivity contribution in [2.75, 3.05) is 19.0 Å². The van der Waals surface area contributed by atoms with E-state index in [1.54, 1.807) is 18.2 Å². The Morgan fingerprint density at radius 1 is 1.08 bits per heavy atom. The molecule has 3 rings (SSSR count). The second-order valence-corrected chi connectivity index (χ2v) is 8.90. The highest BCUT2D eigenvalue weighted by Crippen LogP contribution is 2.35. The van der Waals surface area contributed by atoms with Crippen molar-refractivity contribution in [2.24, 2.45) is 0 Å². The first-order valence-electron chi connectivity index (χ1n) is 11.1. The van der Waals surface area contributed by atoms with Gasteiger partial charge in [-0.2, -0.15) is 5.26 Å². The Morgan fingerprint density at radius 2 is 1.83 bits per heavy atom. The average molecular weight is 596 g/mol. The Balaban J connectivity index is 1.81. The summed E-state index contributed by atoms with van der Waals surface area (Å²) in [5.41, 5.74) is 3.53. The lowest BCUT2D eigenvalue weighted by Gasteiger charge is -2.15. The number of benzene rings is 3. The largest absolute Gasteiger partial charge is 0.490 e. The second kappa shape index (κ2) is 12.7. The normalized spacial score (nSPS) is 10.8. The van der Waals surface area contributed by atoms with Crippen molar-refractivity contribution < 1.29 is 23.8 Å². The maximum absolute atomic E-state index is 12.7. The number of hydrogen-bond acceptors (Lipinski definition) is 6. The number of methoxy groups -OCH3 is 1. The van der Waals surface area contributed by atoms with E-state index in [2.05, 4.69) is 38.7 Å². The standard InChI is InChI=1S/C28H25IN2O5/c1-4-35-25-15-20(14-24(29)26(25)36-17-19-7-5-6-18(2)12-19)13-22(16-30)27(32)31-23-10-8-21(9-11-23)28(33)34-3/h5-15H,4,17H2,1-3H3,(H,31,32)/b22-13+. The van der Waals surface area contributed by atoms with Crippen molar-refractivity contribution in [2.45, 2.75) is 20.5 Å². The first-order valence-corrected chi connectivity index (χ1v) is 12.2. The number of carbonyl (C=O) groups is 2. The van der Waals surface area contributed by atoms with E-state index >= 15 is 0 Å². The summed E-state index contributed by atoms with van der Waals surface area (Å²) in [4.78, 5) is 24.3. The van der Waals surface area contributed by atoms with Gasteiger partial charge in [-0.1, -0.05) is 29.8 Å². The van der Waals surface area contributed by atoms with Gasteiger partial charge in [-0.15, -0.1) is 0 Å². The van der Waals surface area contributed by atoms with Gasteiger partial charge in [-0.25, -0.2) is 4.79 Å². The molecule has 8 heteroatoms. The van der Waals surface area contributed by atoms with Crippen LogP contribution in [0.2, 0.25) is 0 Å². The molecule has 0 bridgehead atoms. The number of rotatable bonds is 9. The van der Waals surface area contributed by atoms with Gasteiger partial charge in [0.15, 0.2) is 11.5 Å². The number of nitrogens with zero attached hydrogens (tertiary/aromatic N) is 1. The summed E-state index contributed by atoms with van der Waals surface area (Å²) in [6.07, 6.45) is 1.49. The summed E-state index contributed by atoms with van der Waals surface area (Å²) in [5.74, 6) is 0.0803. The number of aryl methyl sites for hydroxylation is 1. The first-order chi connectivity index (χ1) is 17.3. The molecule has 184 valence electrons. The third kappa shape index (κ3) is 7.09. The minimum Gasteiger partial charge on any atom is -0.490 e. The van der Waals surface area contributed by atoms with E-state index in [0.717, 1.165) is 14.7 Å². The maximum Gasteiger partial charge on any atom is 0.337 e. The monoisotopic (exact) mass is 596 g/mol. The summed E-state index contributed by atoms with van der Waals surface area (Å²) in [7, 11) is 1.29. The van der Waals surface area contributed by atoms with Gasteiger partial charge in [0.05, 0.1) is 22.9 Å². The van der Waals surface area contributed by atoms with Crippen molar-refractivity contribution in [1.29, 1.82) is 5.26 Å². The zero-order valence-corrected chi connectivity index (χ0v) is 22.3. The number of carbonyl (C=O) groups excluding carboxylic acids is 2. The molecule has 0 atom stereocenters. The quantitative estimate of drug-likeness (QED) is 0.143. The smallest absolute Gasteiger partial charge is 0.337 e. The molecule has 0 aliphatic heterocycles. The topological polar surface area (TPSA) is 97.7 Å². The predicted molar refractivity (Wildman–Crippen MR) is 146 cm³/mol. The molecule has 0 spiro atoms. The number of nitriles is 1. The number of nitrogens with one attached hydrogen (secondary N) is 1. The molecule has 3 aromatic rings. The molecule has 7 nitrogen and oxygen atoms in total. The van der Waals surface area contributed by atoms with Crippen LogP contribution in [0.15, 0.2) is 66.2 Å². The fourth-order valence-corrected chi connectivity index (χ4v) is 4.13. The lowest BCUT2D eigenvalue weighted by Crippen LogP contribution is -2.13. The molecule has 1 N–H and O–H groups in total. The molecule has 0 unspecified atom stereocenters. The van der Waals surface area contributed by atoms with Crippen molar-refractivity contribution in [3.8, 4) is 17.6 Å². The van der Waals surface area contributed by atoms with Gasteiger partial charge in [-0.05, 0) is 90.0 Å². The van der Waals surface area contributed by atoms with Crippen molar-refractivity contribution >= 4 is 46.2 Å². The van der Waals surface area contributed by atoms with Gasteiger partial charge in [0, 0.05) is 5.69 Å². The Labute approximate surface area is 223 Å². The third-order valence-electron chi connectivity index (χ3n) is 5.04. The van der Waals surface area contributed by atoms with Crippen LogP contribution in [0.5, 0.6) is 11.5 Å². The molecule has 36 heavy (non-hydrogen) atoms. The minimum atomic E-state index is -0.573. The molecule has 0 saturated carbocycles. The van der Waals surface area contributed by atoms with Crippen molar-refractivity contribution in [1.82, 2.24) is 0 Å². The number of ether oxygens (including phenoxy) is 3. The van der Waals surface area contributed by atoms with E-state index in [-0.39, 0.29) is 5.57 Å². The van der Waals surface area contributed by atoms with Crippen LogP contribution in [0.4, 0.5) is 5.69 Å². The van der Waals surface area contributed by atoms with Crippen LogP contribution in [0.1, 0.15) is 34.0 Å².